The summed E-state index contributed by atoms with van der Waals surface area (Å²) >= 11 is 0. The number of carbonyl (C=O) groups excluding carboxylic acids is 1. The van der Waals surface area contributed by atoms with E-state index in [2.05, 4.69) is 34.4 Å². The quantitative estimate of drug-likeness (QED) is 0.907. The molecule has 0 atom stereocenters. The number of hydrogen-bond acceptors (Lipinski definition) is 4. The molecule has 0 spiro atoms. The molecule has 1 aliphatic heterocycles. The van der Waals surface area contributed by atoms with E-state index in [1.165, 1.54) is 18.3 Å². The molecule has 0 aliphatic carbocycles. The number of aromatic nitrogens is 2. The van der Waals surface area contributed by atoms with Crippen molar-refractivity contribution in [2.75, 3.05) is 11.9 Å². The van der Waals surface area contributed by atoms with Crippen LogP contribution in [0.15, 0.2) is 47.5 Å². The number of rotatable bonds is 5. The maximum absolute atomic E-state index is 13.1. The van der Waals surface area contributed by atoms with Gasteiger partial charge in [0.05, 0.1) is 5.69 Å². The third-order valence-electron chi connectivity index (χ3n) is 4.14. The molecular weight excluding hydrogens is 319 g/mol. The zero-order valence-electron chi connectivity index (χ0n) is 14.2. The van der Waals surface area contributed by atoms with E-state index in [1.54, 1.807) is 18.2 Å². The summed E-state index contributed by atoms with van der Waals surface area (Å²) in [5.41, 5.74) is 2.33. The van der Waals surface area contributed by atoms with Gasteiger partial charge < -0.3 is 5.32 Å². The van der Waals surface area contributed by atoms with Gasteiger partial charge in [0.25, 0.3) is 0 Å². The molecule has 1 amide bonds. The van der Waals surface area contributed by atoms with Crippen LogP contribution in [-0.4, -0.2) is 28.9 Å². The summed E-state index contributed by atoms with van der Waals surface area (Å²) in [5, 5.41) is 11.6. The fourth-order valence-corrected chi connectivity index (χ4v) is 2.51. The summed E-state index contributed by atoms with van der Waals surface area (Å²) in [5.74, 6) is 0.262. The van der Waals surface area contributed by atoms with E-state index >= 15 is 0 Å². The van der Waals surface area contributed by atoms with Gasteiger partial charge >= 0.3 is 0 Å². The fourth-order valence-electron chi connectivity index (χ4n) is 2.51. The van der Waals surface area contributed by atoms with E-state index in [0.29, 0.717) is 24.5 Å². The monoisotopic (exact) mass is 338 g/mol. The van der Waals surface area contributed by atoms with Gasteiger partial charge in [0.1, 0.15) is 11.6 Å². The van der Waals surface area contributed by atoms with Crippen molar-refractivity contribution in [3.63, 3.8) is 0 Å². The molecule has 1 N–H and O–H groups in total. The number of nitrogens with one attached hydrogen (secondary N) is 1. The van der Waals surface area contributed by atoms with Gasteiger partial charge in [0.15, 0.2) is 0 Å². The van der Waals surface area contributed by atoms with E-state index in [0.717, 1.165) is 11.1 Å². The average Bonchev–Trinajstić information content (AvgIpc) is 2.62. The van der Waals surface area contributed by atoms with Crippen LogP contribution in [0.3, 0.4) is 0 Å². The lowest BCUT2D eigenvalue weighted by Crippen LogP contribution is -2.28. The number of nitrogens with zero attached hydrogens (tertiary/aromatic N) is 3. The largest absolute Gasteiger partial charge is 0.368 e. The van der Waals surface area contributed by atoms with Crippen molar-refractivity contribution in [1.29, 1.82) is 0 Å². The van der Waals surface area contributed by atoms with Gasteiger partial charge in [-0.05, 0) is 29.8 Å². The molecule has 0 unspecified atom stereocenters. The number of hydrogen-bond donors (Lipinski definition) is 1. The first-order chi connectivity index (χ1) is 11.9. The number of benzene rings is 1. The molecule has 0 fully saturated rings. The summed E-state index contributed by atoms with van der Waals surface area (Å²) in [4.78, 5) is 14.9. The van der Waals surface area contributed by atoms with Crippen LogP contribution in [0.1, 0.15) is 31.5 Å². The normalized spacial score (nSPS) is 14.4. The Kier molecular flexibility index (Phi) is 4.70. The van der Waals surface area contributed by atoms with Gasteiger partial charge in [-0.2, -0.15) is 0 Å². The highest BCUT2D eigenvalue weighted by Gasteiger charge is 2.20. The van der Waals surface area contributed by atoms with E-state index in [1.807, 2.05) is 12.1 Å². The maximum Gasteiger partial charge on any atom is 0.249 e. The Morgan fingerprint density at radius 1 is 1.12 bits per heavy atom. The summed E-state index contributed by atoms with van der Waals surface area (Å²) < 4.78 is 13.1. The lowest BCUT2D eigenvalue weighted by Gasteiger charge is -2.25. The standard InChI is InChI=1S/C19H19FN4O/c1-19(2,14-4-6-15(20)7-5-14)12-22-17-9-8-16(23-24-17)13-3-10-18(25)21-11-13/h3-9,11H,10,12H2,1-2H3,(H,22,24). The molecular formula is C19H19FN4O. The molecule has 25 heavy (non-hydrogen) atoms. The van der Waals surface area contributed by atoms with Crippen molar-refractivity contribution in [2.45, 2.75) is 25.7 Å². The third kappa shape index (κ3) is 4.15. The van der Waals surface area contributed by atoms with Gasteiger partial charge in [-0.15, -0.1) is 10.2 Å². The predicted molar refractivity (Wildman–Crippen MR) is 96.0 cm³/mol. The molecule has 0 saturated heterocycles. The van der Waals surface area contributed by atoms with Crippen LogP contribution in [0.4, 0.5) is 10.2 Å². The third-order valence-corrected chi connectivity index (χ3v) is 4.14. The Morgan fingerprint density at radius 3 is 2.48 bits per heavy atom. The molecule has 2 heterocycles. The maximum atomic E-state index is 13.1. The summed E-state index contributed by atoms with van der Waals surface area (Å²) in [7, 11) is 0. The second-order valence-electron chi connectivity index (χ2n) is 6.56. The minimum absolute atomic E-state index is 0.155. The molecule has 1 aliphatic rings. The molecule has 1 aromatic heterocycles. The summed E-state index contributed by atoms with van der Waals surface area (Å²) in [6, 6.07) is 10.2. The molecule has 1 aromatic carbocycles. The fraction of sp³-hybridized carbons (Fsp3) is 0.263. The van der Waals surface area contributed by atoms with E-state index < -0.39 is 0 Å². The SMILES string of the molecule is CC(C)(CNc1ccc(C2=CCC(=O)N=C2)nn1)c1ccc(F)cc1. The van der Waals surface area contributed by atoms with Gasteiger partial charge in [0, 0.05) is 30.2 Å². The van der Waals surface area contributed by atoms with Crippen LogP contribution in [0.5, 0.6) is 0 Å². The molecule has 3 rings (SSSR count). The highest BCUT2D eigenvalue weighted by molar-refractivity contribution is 6.15. The predicted octanol–water partition coefficient (Wildman–Crippen LogP) is 3.39. The van der Waals surface area contributed by atoms with Crippen molar-refractivity contribution < 1.29 is 9.18 Å². The lowest BCUT2D eigenvalue weighted by molar-refractivity contribution is -0.117. The highest BCUT2D eigenvalue weighted by atomic mass is 19.1. The Hall–Kier alpha value is -2.89. The second kappa shape index (κ2) is 6.93. The Balaban J connectivity index is 1.64. The minimum Gasteiger partial charge on any atom is -0.368 e. The summed E-state index contributed by atoms with van der Waals surface area (Å²) in [6.45, 7) is 4.79. The van der Waals surface area contributed by atoms with Crippen LogP contribution in [0.25, 0.3) is 5.57 Å². The summed E-state index contributed by atoms with van der Waals surface area (Å²) in [6.07, 6.45) is 3.60. The first-order valence-corrected chi connectivity index (χ1v) is 8.05. The van der Waals surface area contributed by atoms with Gasteiger partial charge in [-0.3, -0.25) is 4.79 Å². The Bertz CT molecular complexity index is 824. The zero-order valence-corrected chi connectivity index (χ0v) is 14.2. The molecule has 2 aromatic rings. The number of dihydropyridines is 1. The van der Waals surface area contributed by atoms with Crippen molar-refractivity contribution in [2.24, 2.45) is 4.99 Å². The number of allylic oxidation sites excluding steroid dienone is 1. The number of anilines is 1. The smallest absolute Gasteiger partial charge is 0.249 e. The lowest BCUT2D eigenvalue weighted by atomic mass is 9.84. The van der Waals surface area contributed by atoms with Crippen molar-refractivity contribution in [3.05, 3.63) is 59.5 Å². The molecule has 0 saturated carbocycles. The first-order valence-electron chi connectivity index (χ1n) is 8.05. The van der Waals surface area contributed by atoms with Crippen LogP contribution in [-0.2, 0) is 10.2 Å². The average molecular weight is 338 g/mol. The molecule has 6 heteroatoms. The van der Waals surface area contributed by atoms with Gasteiger partial charge in [-0.25, -0.2) is 9.38 Å². The molecule has 0 radical (unpaired) electrons. The van der Waals surface area contributed by atoms with Crippen LogP contribution in [0.2, 0.25) is 0 Å². The number of aliphatic imine (C=N–C) groups is 1. The number of carbonyl (C=O) groups is 1. The van der Waals surface area contributed by atoms with Crippen LogP contribution >= 0.6 is 0 Å². The van der Waals surface area contributed by atoms with E-state index in [-0.39, 0.29) is 17.1 Å². The minimum atomic E-state index is -0.240. The zero-order chi connectivity index (χ0) is 17.9. The second-order valence-corrected chi connectivity index (χ2v) is 6.56. The highest BCUT2D eigenvalue weighted by Crippen LogP contribution is 2.24. The van der Waals surface area contributed by atoms with Crippen molar-refractivity contribution in [3.8, 4) is 0 Å². The topological polar surface area (TPSA) is 67.2 Å². The molecule has 5 nitrogen and oxygen atoms in total. The Morgan fingerprint density at radius 2 is 1.88 bits per heavy atom. The first kappa shape index (κ1) is 17.0. The van der Waals surface area contributed by atoms with Gasteiger partial charge in [-0.1, -0.05) is 32.1 Å². The van der Waals surface area contributed by atoms with Crippen LogP contribution in [0, 0.1) is 5.82 Å². The number of halogens is 1. The molecule has 0 bridgehead atoms. The van der Waals surface area contributed by atoms with Crippen molar-refractivity contribution in [1.82, 2.24) is 10.2 Å². The van der Waals surface area contributed by atoms with Crippen LogP contribution < -0.4 is 5.32 Å². The number of amides is 1. The van der Waals surface area contributed by atoms with E-state index in [4.69, 9.17) is 0 Å². The molecule has 128 valence electrons. The Labute approximate surface area is 145 Å². The van der Waals surface area contributed by atoms with Gasteiger partial charge in [0.2, 0.25) is 5.91 Å². The van der Waals surface area contributed by atoms with Crippen molar-refractivity contribution >= 4 is 23.5 Å². The van der Waals surface area contributed by atoms with E-state index in [9.17, 15) is 9.18 Å².